The summed E-state index contributed by atoms with van der Waals surface area (Å²) in [6.07, 6.45) is 2.49. The topological polar surface area (TPSA) is 20.2 Å². The second-order valence-electron chi connectivity index (χ2n) is 4.81. The van der Waals surface area contributed by atoms with Crippen molar-refractivity contribution in [3.8, 4) is 0 Å². The zero-order valence-corrected chi connectivity index (χ0v) is 9.34. The molecule has 0 aromatic heterocycles. The largest absolute Gasteiger partial charge is 0.385 e. The number of rotatable bonds is 1. The molecular weight excluding hydrogens is 210 g/mol. The van der Waals surface area contributed by atoms with Crippen molar-refractivity contribution in [2.75, 3.05) is 0 Å². The normalized spacial score (nSPS) is 30.4. The van der Waals surface area contributed by atoms with Crippen LogP contribution < -0.4 is 0 Å². The molecule has 3 heteroatoms. The third-order valence-corrected chi connectivity index (χ3v) is 3.53. The van der Waals surface area contributed by atoms with Crippen molar-refractivity contribution in [3.05, 3.63) is 35.4 Å². The van der Waals surface area contributed by atoms with Gasteiger partial charge in [0.25, 0.3) is 0 Å². The van der Waals surface area contributed by atoms with Crippen molar-refractivity contribution in [1.82, 2.24) is 0 Å². The van der Waals surface area contributed by atoms with Crippen LogP contribution in [0.3, 0.4) is 0 Å². The van der Waals surface area contributed by atoms with Crippen molar-refractivity contribution in [2.24, 2.45) is 5.92 Å². The maximum atomic E-state index is 13.6. The van der Waals surface area contributed by atoms with Gasteiger partial charge in [0.1, 0.15) is 11.6 Å². The van der Waals surface area contributed by atoms with Gasteiger partial charge < -0.3 is 5.11 Å². The Labute approximate surface area is 94.1 Å². The number of hydrogen-bond acceptors (Lipinski definition) is 1. The quantitative estimate of drug-likeness (QED) is 0.778. The molecule has 1 aromatic carbocycles. The molecule has 0 saturated heterocycles. The summed E-state index contributed by atoms with van der Waals surface area (Å²) in [6.45, 7) is 2.09. The van der Waals surface area contributed by atoms with E-state index in [1.165, 1.54) is 18.2 Å². The Morgan fingerprint density at radius 1 is 1.19 bits per heavy atom. The van der Waals surface area contributed by atoms with Crippen LogP contribution in [0, 0.1) is 17.6 Å². The molecule has 1 aliphatic carbocycles. The van der Waals surface area contributed by atoms with Crippen LogP contribution in [-0.4, -0.2) is 5.11 Å². The van der Waals surface area contributed by atoms with Crippen molar-refractivity contribution in [1.29, 1.82) is 0 Å². The lowest BCUT2D eigenvalue weighted by Crippen LogP contribution is -2.33. The Morgan fingerprint density at radius 2 is 1.69 bits per heavy atom. The Kier molecular flexibility index (Phi) is 2.98. The summed E-state index contributed by atoms with van der Waals surface area (Å²) in [5.74, 6) is -0.760. The molecule has 0 bridgehead atoms. The van der Waals surface area contributed by atoms with Crippen LogP contribution in [0.1, 0.15) is 38.2 Å². The van der Waals surface area contributed by atoms with Gasteiger partial charge in [-0.15, -0.1) is 0 Å². The molecule has 1 nitrogen and oxygen atoms in total. The van der Waals surface area contributed by atoms with Gasteiger partial charge in [-0.2, -0.15) is 0 Å². The SMILES string of the molecule is CC1CCC(O)(c2c(F)cccc2F)CC1. The monoisotopic (exact) mass is 226 g/mol. The molecule has 0 atom stereocenters. The highest BCUT2D eigenvalue weighted by atomic mass is 19.1. The maximum absolute atomic E-state index is 13.6. The van der Waals surface area contributed by atoms with Crippen molar-refractivity contribution < 1.29 is 13.9 Å². The molecule has 1 saturated carbocycles. The van der Waals surface area contributed by atoms with E-state index >= 15 is 0 Å². The van der Waals surface area contributed by atoms with Crippen LogP contribution >= 0.6 is 0 Å². The van der Waals surface area contributed by atoms with Crippen LogP contribution in [0.25, 0.3) is 0 Å². The minimum Gasteiger partial charge on any atom is -0.385 e. The van der Waals surface area contributed by atoms with Crippen LogP contribution in [0.5, 0.6) is 0 Å². The molecule has 88 valence electrons. The summed E-state index contributed by atoms with van der Waals surface area (Å²) in [5.41, 5.74) is -1.47. The zero-order chi connectivity index (χ0) is 11.8. The fourth-order valence-corrected chi connectivity index (χ4v) is 2.43. The summed E-state index contributed by atoms with van der Waals surface area (Å²) in [7, 11) is 0. The second-order valence-corrected chi connectivity index (χ2v) is 4.81. The van der Waals surface area contributed by atoms with E-state index in [9.17, 15) is 13.9 Å². The van der Waals surface area contributed by atoms with E-state index in [0.717, 1.165) is 12.8 Å². The number of hydrogen-bond donors (Lipinski definition) is 1. The Morgan fingerprint density at radius 3 is 2.19 bits per heavy atom. The average molecular weight is 226 g/mol. The van der Waals surface area contributed by atoms with Crippen molar-refractivity contribution in [3.63, 3.8) is 0 Å². The minimum absolute atomic E-state index is 0.151. The van der Waals surface area contributed by atoms with Gasteiger partial charge >= 0.3 is 0 Å². The first kappa shape index (κ1) is 11.5. The van der Waals surface area contributed by atoms with Crippen molar-refractivity contribution >= 4 is 0 Å². The summed E-state index contributed by atoms with van der Waals surface area (Å²) < 4.78 is 27.2. The van der Waals surface area contributed by atoms with Crippen molar-refractivity contribution in [2.45, 2.75) is 38.2 Å². The number of benzene rings is 1. The molecule has 1 fully saturated rings. The van der Waals surface area contributed by atoms with E-state index in [2.05, 4.69) is 6.92 Å². The third-order valence-electron chi connectivity index (χ3n) is 3.53. The maximum Gasteiger partial charge on any atom is 0.132 e. The lowest BCUT2D eigenvalue weighted by Gasteiger charge is -2.35. The van der Waals surface area contributed by atoms with Gasteiger partial charge in [0.05, 0.1) is 11.2 Å². The number of halogens is 2. The minimum atomic E-state index is -1.32. The highest BCUT2D eigenvalue weighted by molar-refractivity contribution is 5.26. The Hall–Kier alpha value is -0.960. The van der Waals surface area contributed by atoms with E-state index in [1.807, 2.05) is 0 Å². The van der Waals surface area contributed by atoms with Gasteiger partial charge in [-0.3, -0.25) is 0 Å². The van der Waals surface area contributed by atoms with E-state index in [1.54, 1.807) is 0 Å². The molecule has 0 aliphatic heterocycles. The summed E-state index contributed by atoms with van der Waals surface area (Å²) in [4.78, 5) is 0. The van der Waals surface area contributed by atoms with Gasteiger partial charge in [-0.25, -0.2) is 8.78 Å². The van der Waals surface area contributed by atoms with E-state index in [-0.39, 0.29) is 5.56 Å². The molecule has 16 heavy (non-hydrogen) atoms. The van der Waals surface area contributed by atoms with Gasteiger partial charge in [0.2, 0.25) is 0 Å². The predicted octanol–water partition coefficient (Wildman–Crippen LogP) is 3.36. The van der Waals surface area contributed by atoms with Gasteiger partial charge in [-0.1, -0.05) is 13.0 Å². The molecule has 1 N–H and O–H groups in total. The smallest absolute Gasteiger partial charge is 0.132 e. The molecule has 0 heterocycles. The van der Waals surface area contributed by atoms with E-state index in [4.69, 9.17) is 0 Å². The molecule has 0 spiro atoms. The van der Waals surface area contributed by atoms with E-state index < -0.39 is 17.2 Å². The molecule has 1 aliphatic rings. The Balaban J connectivity index is 2.36. The standard InChI is InChI=1S/C13H16F2O/c1-9-5-7-13(16,8-6-9)12-10(14)3-2-4-11(12)15/h2-4,9,16H,5-8H2,1H3. The fraction of sp³-hybridized carbons (Fsp3) is 0.538. The van der Waals surface area contributed by atoms with E-state index in [0.29, 0.717) is 18.8 Å². The van der Waals surface area contributed by atoms with Crippen LogP contribution in [-0.2, 0) is 5.60 Å². The first-order valence-electron chi connectivity index (χ1n) is 5.70. The highest BCUT2D eigenvalue weighted by Gasteiger charge is 2.37. The summed E-state index contributed by atoms with van der Waals surface area (Å²) in [5, 5.41) is 10.3. The summed E-state index contributed by atoms with van der Waals surface area (Å²) >= 11 is 0. The number of aliphatic hydroxyl groups is 1. The molecule has 1 aromatic rings. The van der Waals surface area contributed by atoms with Gasteiger partial charge in [0.15, 0.2) is 0 Å². The lowest BCUT2D eigenvalue weighted by atomic mass is 9.75. The first-order valence-corrected chi connectivity index (χ1v) is 5.70. The van der Waals surface area contributed by atoms with Gasteiger partial charge in [-0.05, 0) is 43.7 Å². The molecule has 0 amide bonds. The molecule has 0 unspecified atom stereocenters. The summed E-state index contributed by atoms with van der Waals surface area (Å²) in [6, 6.07) is 3.73. The second kappa shape index (κ2) is 4.13. The highest BCUT2D eigenvalue weighted by Crippen LogP contribution is 2.41. The molecule has 0 radical (unpaired) electrons. The average Bonchev–Trinajstić information content (AvgIpc) is 2.23. The van der Waals surface area contributed by atoms with Gasteiger partial charge in [0, 0.05) is 0 Å². The lowest BCUT2D eigenvalue weighted by molar-refractivity contribution is -0.0179. The zero-order valence-electron chi connectivity index (χ0n) is 9.34. The fourth-order valence-electron chi connectivity index (χ4n) is 2.43. The van der Waals surface area contributed by atoms with Crippen LogP contribution in [0.4, 0.5) is 8.78 Å². The molecule has 2 rings (SSSR count). The molecular formula is C13H16F2O. The van der Waals surface area contributed by atoms with Crippen LogP contribution in [0.2, 0.25) is 0 Å². The third kappa shape index (κ3) is 1.96. The van der Waals surface area contributed by atoms with Crippen LogP contribution in [0.15, 0.2) is 18.2 Å². The predicted molar refractivity (Wildman–Crippen MR) is 57.9 cm³/mol. The first-order chi connectivity index (χ1) is 7.53. The Bertz CT molecular complexity index is 361.